The van der Waals surface area contributed by atoms with Crippen LogP contribution in [-0.2, 0) is 11.2 Å². The molecule has 2 aromatic carbocycles. The number of amides is 3. The van der Waals surface area contributed by atoms with Crippen LogP contribution in [0.5, 0.6) is 5.75 Å². The second kappa shape index (κ2) is 8.13. The average molecular weight is 457 g/mol. The van der Waals surface area contributed by atoms with E-state index in [0.717, 1.165) is 5.56 Å². The van der Waals surface area contributed by atoms with Crippen LogP contribution in [0.25, 0.3) is 0 Å². The van der Waals surface area contributed by atoms with Crippen LogP contribution in [0.4, 0.5) is 4.79 Å². The van der Waals surface area contributed by atoms with Gasteiger partial charge in [-0.1, -0.05) is 23.7 Å². The Bertz CT molecular complexity index is 1070. The topological polar surface area (TPSA) is 87.2 Å². The van der Waals surface area contributed by atoms with E-state index in [9.17, 15) is 19.5 Å². The van der Waals surface area contributed by atoms with Crippen LogP contribution in [0.1, 0.15) is 65.1 Å². The van der Waals surface area contributed by atoms with Crippen molar-refractivity contribution in [2.24, 2.45) is 0 Å². The molecule has 0 radical (unpaired) electrons. The number of fused-ring (bicyclic) bond motifs is 2. The Labute approximate surface area is 191 Å². The molecule has 0 unspecified atom stereocenters. The highest BCUT2D eigenvalue weighted by Crippen LogP contribution is 2.42. The quantitative estimate of drug-likeness (QED) is 0.684. The van der Waals surface area contributed by atoms with Gasteiger partial charge in [-0.15, -0.1) is 0 Å². The smallest absolute Gasteiger partial charge is 0.410 e. The number of ether oxygens (including phenoxy) is 1. The Kier molecular flexibility index (Phi) is 5.63. The standard InChI is InChI=1S/C24H25ClN2O5/c1-24(2,3)32-23(31)26-12-10-16-17(25)8-9-19(28)20(16)18(26)11-13-27-21(29)14-6-4-5-7-15(14)22(27)30/h4-9,18,28H,10-13H2,1-3H3/t18-/m1/s1. The fraction of sp³-hybridized carbons (Fsp3) is 0.375. The van der Waals surface area contributed by atoms with Gasteiger partial charge in [0.15, 0.2) is 0 Å². The van der Waals surface area contributed by atoms with Gasteiger partial charge in [-0.3, -0.25) is 14.5 Å². The molecule has 2 aromatic rings. The van der Waals surface area contributed by atoms with E-state index in [0.29, 0.717) is 34.7 Å². The number of carbonyl (C=O) groups excluding carboxylic acids is 3. The van der Waals surface area contributed by atoms with Crippen molar-refractivity contribution in [1.82, 2.24) is 9.80 Å². The molecule has 0 fully saturated rings. The lowest BCUT2D eigenvalue weighted by Crippen LogP contribution is -2.44. The SMILES string of the molecule is CC(C)(C)OC(=O)N1CCc2c(Cl)ccc(O)c2[C@H]1CCN1C(=O)c2ccccc2C1=O. The summed E-state index contributed by atoms with van der Waals surface area (Å²) in [6.45, 7) is 5.78. The van der Waals surface area contributed by atoms with Crippen LogP contribution < -0.4 is 0 Å². The van der Waals surface area contributed by atoms with Crippen LogP contribution in [0, 0.1) is 0 Å². The number of carbonyl (C=O) groups is 3. The number of nitrogens with zero attached hydrogens (tertiary/aromatic N) is 2. The maximum atomic E-state index is 13.0. The van der Waals surface area contributed by atoms with E-state index < -0.39 is 17.7 Å². The van der Waals surface area contributed by atoms with Crippen molar-refractivity contribution in [3.8, 4) is 5.75 Å². The molecule has 0 saturated carbocycles. The number of halogens is 1. The summed E-state index contributed by atoms with van der Waals surface area (Å²) in [4.78, 5) is 41.3. The predicted octanol–water partition coefficient (Wildman–Crippen LogP) is 4.57. The summed E-state index contributed by atoms with van der Waals surface area (Å²) in [7, 11) is 0. The van der Waals surface area contributed by atoms with Crippen LogP contribution in [0.3, 0.4) is 0 Å². The Morgan fingerprint density at radius 2 is 1.75 bits per heavy atom. The van der Waals surface area contributed by atoms with Crippen molar-refractivity contribution in [1.29, 1.82) is 0 Å². The lowest BCUT2D eigenvalue weighted by Gasteiger charge is -2.39. The van der Waals surface area contributed by atoms with Crippen molar-refractivity contribution < 1.29 is 24.2 Å². The summed E-state index contributed by atoms with van der Waals surface area (Å²) in [6.07, 6.45) is 0.187. The highest BCUT2D eigenvalue weighted by molar-refractivity contribution is 6.31. The van der Waals surface area contributed by atoms with E-state index in [2.05, 4.69) is 0 Å². The maximum absolute atomic E-state index is 13.0. The van der Waals surface area contributed by atoms with Gasteiger partial charge in [-0.05, 0) is 63.4 Å². The van der Waals surface area contributed by atoms with Crippen LogP contribution in [0.2, 0.25) is 5.02 Å². The minimum Gasteiger partial charge on any atom is -0.508 e. The summed E-state index contributed by atoms with van der Waals surface area (Å²) in [5, 5.41) is 11.1. The minimum absolute atomic E-state index is 0.0185. The van der Waals surface area contributed by atoms with Gasteiger partial charge in [0.05, 0.1) is 17.2 Å². The van der Waals surface area contributed by atoms with Crippen molar-refractivity contribution in [3.63, 3.8) is 0 Å². The molecule has 0 aromatic heterocycles. The number of imide groups is 1. The van der Waals surface area contributed by atoms with E-state index >= 15 is 0 Å². The van der Waals surface area contributed by atoms with Crippen LogP contribution in [0.15, 0.2) is 36.4 Å². The zero-order valence-corrected chi connectivity index (χ0v) is 19.0. The number of phenols is 1. The van der Waals surface area contributed by atoms with Gasteiger partial charge in [0.2, 0.25) is 0 Å². The third-order valence-electron chi connectivity index (χ3n) is 5.72. The summed E-state index contributed by atoms with van der Waals surface area (Å²) in [5.74, 6) is -0.702. The second-order valence-electron chi connectivity index (χ2n) is 8.99. The third-order valence-corrected chi connectivity index (χ3v) is 6.08. The number of hydrogen-bond acceptors (Lipinski definition) is 5. The van der Waals surface area contributed by atoms with Gasteiger partial charge in [0.1, 0.15) is 11.4 Å². The molecule has 0 spiro atoms. The zero-order valence-electron chi connectivity index (χ0n) is 18.2. The number of benzene rings is 2. The molecule has 2 aliphatic rings. The first-order chi connectivity index (χ1) is 15.1. The molecule has 0 aliphatic carbocycles. The van der Waals surface area contributed by atoms with E-state index in [4.69, 9.17) is 16.3 Å². The van der Waals surface area contributed by atoms with Crippen molar-refractivity contribution in [3.05, 3.63) is 63.7 Å². The normalized spacial score (nSPS) is 17.9. The third kappa shape index (κ3) is 3.93. The van der Waals surface area contributed by atoms with Crippen LogP contribution >= 0.6 is 11.6 Å². The fourth-order valence-electron chi connectivity index (χ4n) is 4.33. The monoisotopic (exact) mass is 456 g/mol. The Morgan fingerprint density at radius 1 is 1.12 bits per heavy atom. The molecule has 2 aliphatic heterocycles. The van der Waals surface area contributed by atoms with Gasteiger partial charge in [0, 0.05) is 23.7 Å². The molecular weight excluding hydrogens is 432 g/mol. The number of hydrogen-bond donors (Lipinski definition) is 1. The maximum Gasteiger partial charge on any atom is 0.410 e. The molecule has 0 saturated heterocycles. The average Bonchev–Trinajstić information content (AvgIpc) is 2.98. The highest BCUT2D eigenvalue weighted by Gasteiger charge is 2.39. The molecule has 1 N–H and O–H groups in total. The van der Waals surface area contributed by atoms with Gasteiger partial charge in [0.25, 0.3) is 11.8 Å². The van der Waals surface area contributed by atoms with Crippen LogP contribution in [-0.4, -0.2) is 51.5 Å². The fourth-order valence-corrected chi connectivity index (χ4v) is 4.59. The lowest BCUT2D eigenvalue weighted by molar-refractivity contribution is 0.0124. The highest BCUT2D eigenvalue weighted by atomic mass is 35.5. The number of aromatic hydroxyl groups is 1. The first-order valence-electron chi connectivity index (χ1n) is 10.5. The summed E-state index contributed by atoms with van der Waals surface area (Å²) in [5.41, 5.74) is 1.35. The van der Waals surface area contributed by atoms with E-state index in [1.54, 1.807) is 56.0 Å². The summed E-state index contributed by atoms with van der Waals surface area (Å²) in [6, 6.07) is 9.21. The Hall–Kier alpha value is -3.06. The molecule has 2 heterocycles. The molecule has 0 bridgehead atoms. The van der Waals surface area contributed by atoms with Crippen molar-refractivity contribution >= 4 is 29.5 Å². The summed E-state index contributed by atoms with van der Waals surface area (Å²) < 4.78 is 5.58. The predicted molar refractivity (Wildman–Crippen MR) is 119 cm³/mol. The first kappa shape index (κ1) is 22.1. The molecule has 8 heteroatoms. The summed E-state index contributed by atoms with van der Waals surface area (Å²) >= 11 is 6.38. The first-order valence-corrected chi connectivity index (χ1v) is 10.9. The van der Waals surface area contributed by atoms with Gasteiger partial charge >= 0.3 is 6.09 Å². The van der Waals surface area contributed by atoms with E-state index in [1.807, 2.05) is 0 Å². The molecule has 32 heavy (non-hydrogen) atoms. The van der Waals surface area contributed by atoms with Gasteiger partial charge in [-0.25, -0.2) is 4.79 Å². The number of rotatable bonds is 3. The molecule has 4 rings (SSSR count). The van der Waals surface area contributed by atoms with Crippen molar-refractivity contribution in [2.75, 3.05) is 13.1 Å². The molecule has 168 valence electrons. The number of phenolic OH excluding ortho intramolecular Hbond substituents is 1. The Morgan fingerprint density at radius 3 is 2.34 bits per heavy atom. The molecule has 1 atom stereocenters. The van der Waals surface area contributed by atoms with Gasteiger partial charge in [-0.2, -0.15) is 0 Å². The van der Waals surface area contributed by atoms with E-state index in [-0.39, 0.29) is 30.5 Å². The molecule has 7 nitrogen and oxygen atoms in total. The molecular formula is C24H25ClN2O5. The molecule has 3 amide bonds. The lowest BCUT2D eigenvalue weighted by atomic mass is 9.89. The van der Waals surface area contributed by atoms with Crippen molar-refractivity contribution in [2.45, 2.75) is 45.3 Å². The van der Waals surface area contributed by atoms with E-state index in [1.165, 1.54) is 11.0 Å². The largest absolute Gasteiger partial charge is 0.508 e. The Balaban J connectivity index is 1.64. The minimum atomic E-state index is -0.694. The zero-order chi connectivity index (χ0) is 23.2. The van der Waals surface area contributed by atoms with Gasteiger partial charge < -0.3 is 14.7 Å². The second-order valence-corrected chi connectivity index (χ2v) is 9.40.